The summed E-state index contributed by atoms with van der Waals surface area (Å²) in [6, 6.07) is -0.126. The van der Waals surface area contributed by atoms with Gasteiger partial charge in [0, 0.05) is 44.7 Å². The van der Waals surface area contributed by atoms with Crippen LogP contribution in [0.5, 0.6) is 0 Å². The van der Waals surface area contributed by atoms with Gasteiger partial charge >= 0.3 is 6.03 Å². The van der Waals surface area contributed by atoms with Crippen molar-refractivity contribution in [1.82, 2.24) is 20.4 Å². The minimum absolute atomic E-state index is 0.0111. The number of piperidine rings is 1. The summed E-state index contributed by atoms with van der Waals surface area (Å²) in [6.07, 6.45) is 9.39. The topological polar surface area (TPSA) is 91.0 Å². The lowest BCUT2D eigenvalue weighted by Gasteiger charge is -2.56. The first-order chi connectivity index (χ1) is 15.5. The fourth-order valence-corrected chi connectivity index (χ4v) is 7.44. The summed E-state index contributed by atoms with van der Waals surface area (Å²) in [6.45, 7) is 4.02. The van der Waals surface area contributed by atoms with Crippen LogP contribution >= 0.6 is 0 Å². The molecule has 0 radical (unpaired) electrons. The van der Waals surface area contributed by atoms with E-state index in [1.54, 1.807) is 0 Å². The summed E-state index contributed by atoms with van der Waals surface area (Å²) in [4.78, 5) is 41.8. The molecule has 4 saturated carbocycles. The molecule has 6 fully saturated rings. The molecule has 2 N–H and O–H groups in total. The second kappa shape index (κ2) is 9.20. The zero-order chi connectivity index (χ0) is 22.1. The molecule has 1 unspecified atom stereocenters. The number of urea groups is 1. The van der Waals surface area contributed by atoms with Gasteiger partial charge in [0.05, 0.1) is 19.1 Å². The smallest absolute Gasteiger partial charge is 0.315 e. The second-order valence-corrected chi connectivity index (χ2v) is 10.9. The van der Waals surface area contributed by atoms with E-state index in [9.17, 15) is 14.4 Å². The summed E-state index contributed by atoms with van der Waals surface area (Å²) in [5, 5.41) is 6.23. The average Bonchev–Trinajstić information content (AvgIpc) is 2.78. The quantitative estimate of drug-likeness (QED) is 0.673. The number of morpholine rings is 1. The first-order valence-corrected chi connectivity index (χ1v) is 12.7. The molecular formula is C24H38N4O4. The first kappa shape index (κ1) is 22.0. The monoisotopic (exact) mass is 446 g/mol. The van der Waals surface area contributed by atoms with Crippen LogP contribution in [-0.4, -0.2) is 79.1 Å². The van der Waals surface area contributed by atoms with Gasteiger partial charge in [0.2, 0.25) is 11.8 Å². The summed E-state index contributed by atoms with van der Waals surface area (Å²) in [5.74, 6) is 2.43. The van der Waals surface area contributed by atoms with Crippen molar-refractivity contribution in [2.24, 2.45) is 23.7 Å². The van der Waals surface area contributed by atoms with Crippen LogP contribution in [0.2, 0.25) is 0 Å². The number of ether oxygens (including phenoxy) is 1. The standard InChI is InChI=1S/C24H38N4O4/c29-21(28-5-1-2-20(16-28)22(30)27-6-8-32-9-7-27)3-4-25-23(31)26-24-13-17-10-18(14-24)12-19(11-17)15-24/h17-20H,1-16H2,(H2,25,26,31). The van der Waals surface area contributed by atoms with E-state index in [1.807, 2.05) is 9.80 Å². The number of nitrogens with one attached hydrogen (secondary N) is 2. The van der Waals surface area contributed by atoms with Crippen molar-refractivity contribution < 1.29 is 19.1 Å². The van der Waals surface area contributed by atoms with Gasteiger partial charge in [-0.25, -0.2) is 4.79 Å². The van der Waals surface area contributed by atoms with Gasteiger partial charge in [-0.2, -0.15) is 0 Å². The minimum atomic E-state index is -0.126. The van der Waals surface area contributed by atoms with Crippen molar-refractivity contribution in [3.8, 4) is 0 Å². The van der Waals surface area contributed by atoms with Crippen molar-refractivity contribution in [2.45, 2.75) is 63.3 Å². The Kier molecular flexibility index (Phi) is 6.32. The highest BCUT2D eigenvalue weighted by atomic mass is 16.5. The van der Waals surface area contributed by atoms with Crippen molar-refractivity contribution in [3.63, 3.8) is 0 Å². The van der Waals surface area contributed by atoms with E-state index in [0.29, 0.717) is 45.9 Å². The Balaban J connectivity index is 1.05. The van der Waals surface area contributed by atoms with Gasteiger partial charge in [0.1, 0.15) is 0 Å². The van der Waals surface area contributed by atoms with Crippen LogP contribution in [0.15, 0.2) is 0 Å². The van der Waals surface area contributed by atoms with E-state index in [0.717, 1.165) is 49.9 Å². The van der Waals surface area contributed by atoms with E-state index in [4.69, 9.17) is 4.74 Å². The fourth-order valence-electron chi connectivity index (χ4n) is 7.44. The van der Waals surface area contributed by atoms with Gasteiger partial charge < -0.3 is 25.2 Å². The molecule has 0 aromatic rings. The molecule has 1 atom stereocenters. The number of carbonyl (C=O) groups is 3. The van der Waals surface area contributed by atoms with Crippen LogP contribution in [0.4, 0.5) is 4.79 Å². The highest BCUT2D eigenvalue weighted by molar-refractivity contribution is 5.82. The lowest BCUT2D eigenvalue weighted by Crippen LogP contribution is -2.61. The molecule has 2 saturated heterocycles. The highest BCUT2D eigenvalue weighted by Gasteiger charge is 2.51. The van der Waals surface area contributed by atoms with E-state index in [-0.39, 0.29) is 35.7 Å². The molecule has 6 rings (SSSR count). The first-order valence-electron chi connectivity index (χ1n) is 12.7. The molecule has 0 aromatic carbocycles. The number of nitrogens with zero attached hydrogens (tertiary/aromatic N) is 2. The van der Waals surface area contributed by atoms with Gasteiger partial charge in [0.25, 0.3) is 0 Å². The maximum atomic E-state index is 12.8. The SMILES string of the molecule is O=C(NCCC(=O)N1CCCC(C(=O)N2CCOCC2)C1)NC12CC3CC(CC(C3)C1)C2. The molecule has 8 heteroatoms. The molecular weight excluding hydrogens is 408 g/mol. The summed E-state index contributed by atoms with van der Waals surface area (Å²) in [5.41, 5.74) is -0.0111. The lowest BCUT2D eigenvalue weighted by atomic mass is 9.53. The van der Waals surface area contributed by atoms with Gasteiger partial charge in [-0.05, 0) is 69.1 Å². The van der Waals surface area contributed by atoms with Gasteiger partial charge in [-0.3, -0.25) is 9.59 Å². The molecule has 32 heavy (non-hydrogen) atoms. The number of carbonyl (C=O) groups excluding carboxylic acids is 3. The predicted molar refractivity (Wildman–Crippen MR) is 119 cm³/mol. The van der Waals surface area contributed by atoms with Crippen molar-refractivity contribution in [3.05, 3.63) is 0 Å². The van der Waals surface area contributed by atoms with Crippen molar-refractivity contribution in [1.29, 1.82) is 0 Å². The van der Waals surface area contributed by atoms with E-state index in [2.05, 4.69) is 10.6 Å². The van der Waals surface area contributed by atoms with Crippen LogP contribution in [0.1, 0.15) is 57.8 Å². The Hall–Kier alpha value is -1.83. The third-order valence-corrected chi connectivity index (χ3v) is 8.49. The largest absolute Gasteiger partial charge is 0.378 e. The van der Waals surface area contributed by atoms with Crippen molar-refractivity contribution >= 4 is 17.8 Å². The Labute approximate surface area is 190 Å². The van der Waals surface area contributed by atoms with Gasteiger partial charge in [0.15, 0.2) is 0 Å². The maximum Gasteiger partial charge on any atom is 0.315 e. The minimum Gasteiger partial charge on any atom is -0.378 e. The second-order valence-electron chi connectivity index (χ2n) is 10.9. The summed E-state index contributed by atoms with van der Waals surface area (Å²) >= 11 is 0. The highest BCUT2D eigenvalue weighted by Crippen LogP contribution is 2.55. The Morgan fingerprint density at radius 2 is 1.56 bits per heavy atom. The maximum absolute atomic E-state index is 12.8. The normalized spacial score (nSPS) is 36.1. The molecule has 8 nitrogen and oxygen atoms in total. The molecule has 0 spiro atoms. The molecule has 4 amide bonds. The Morgan fingerprint density at radius 3 is 2.22 bits per heavy atom. The van der Waals surface area contributed by atoms with E-state index >= 15 is 0 Å². The van der Waals surface area contributed by atoms with Gasteiger partial charge in [-0.1, -0.05) is 0 Å². The molecule has 0 aromatic heterocycles. The molecule has 2 aliphatic heterocycles. The molecule has 2 heterocycles. The fraction of sp³-hybridized carbons (Fsp3) is 0.875. The third kappa shape index (κ3) is 4.75. The molecule has 4 bridgehead atoms. The summed E-state index contributed by atoms with van der Waals surface area (Å²) in [7, 11) is 0. The number of hydrogen-bond donors (Lipinski definition) is 2. The number of likely N-dealkylation sites (tertiary alicyclic amines) is 1. The van der Waals surface area contributed by atoms with Crippen LogP contribution in [-0.2, 0) is 14.3 Å². The Morgan fingerprint density at radius 1 is 0.906 bits per heavy atom. The van der Waals surface area contributed by atoms with E-state index in [1.165, 1.54) is 19.3 Å². The van der Waals surface area contributed by atoms with Crippen LogP contribution in [0.3, 0.4) is 0 Å². The van der Waals surface area contributed by atoms with Gasteiger partial charge in [-0.15, -0.1) is 0 Å². The van der Waals surface area contributed by atoms with Crippen LogP contribution in [0.25, 0.3) is 0 Å². The lowest BCUT2D eigenvalue weighted by molar-refractivity contribution is -0.143. The summed E-state index contributed by atoms with van der Waals surface area (Å²) < 4.78 is 5.34. The zero-order valence-electron chi connectivity index (χ0n) is 19.2. The van der Waals surface area contributed by atoms with Crippen molar-refractivity contribution in [2.75, 3.05) is 45.9 Å². The predicted octanol–water partition coefficient (Wildman–Crippen LogP) is 1.74. The van der Waals surface area contributed by atoms with Crippen LogP contribution < -0.4 is 10.6 Å². The molecule has 178 valence electrons. The zero-order valence-corrected chi connectivity index (χ0v) is 19.2. The van der Waals surface area contributed by atoms with E-state index < -0.39 is 0 Å². The number of hydrogen-bond acceptors (Lipinski definition) is 4. The average molecular weight is 447 g/mol. The Bertz CT molecular complexity index is 700. The molecule has 6 aliphatic rings. The number of amides is 4. The van der Waals surface area contributed by atoms with Crippen LogP contribution in [0, 0.1) is 23.7 Å². The third-order valence-electron chi connectivity index (χ3n) is 8.49. The number of rotatable bonds is 5. The molecule has 4 aliphatic carbocycles.